The molecule has 10 heteroatoms. The molecular weight excluding hydrogens is 366 g/mol. The summed E-state index contributed by atoms with van der Waals surface area (Å²) in [4.78, 5) is 21.2. The largest absolute Gasteiger partial charge is 0.437 e. The first-order valence-electron chi connectivity index (χ1n) is 9.10. The molecule has 0 aliphatic carbocycles. The van der Waals surface area contributed by atoms with Crippen LogP contribution in [-0.4, -0.2) is 56.8 Å². The highest BCUT2D eigenvalue weighted by atomic mass is 35.5. The zero-order valence-corrected chi connectivity index (χ0v) is 16.1. The third-order valence-electron chi connectivity index (χ3n) is 5.38. The summed E-state index contributed by atoms with van der Waals surface area (Å²) in [5, 5.41) is 17.0. The maximum absolute atomic E-state index is 12.1. The van der Waals surface area contributed by atoms with Gasteiger partial charge in [0.1, 0.15) is 11.5 Å². The van der Waals surface area contributed by atoms with Crippen molar-refractivity contribution in [3.8, 4) is 0 Å². The summed E-state index contributed by atoms with van der Waals surface area (Å²) in [6.07, 6.45) is 4.08. The second kappa shape index (κ2) is 7.14. The molecule has 0 saturated carbocycles. The van der Waals surface area contributed by atoms with Gasteiger partial charge in [0.2, 0.25) is 0 Å². The Morgan fingerprint density at radius 3 is 2.59 bits per heavy atom. The zero-order valence-electron chi connectivity index (χ0n) is 15.3. The summed E-state index contributed by atoms with van der Waals surface area (Å²) in [7, 11) is 1.15. The highest BCUT2D eigenvalue weighted by Crippen LogP contribution is 2.35. The molecule has 8 nitrogen and oxygen atoms in total. The van der Waals surface area contributed by atoms with E-state index >= 15 is 0 Å². The molecule has 2 aliphatic rings. The van der Waals surface area contributed by atoms with E-state index in [2.05, 4.69) is 25.1 Å². The fourth-order valence-corrected chi connectivity index (χ4v) is 4.30. The molecule has 4 rings (SSSR count). The van der Waals surface area contributed by atoms with E-state index in [9.17, 15) is 9.82 Å². The van der Waals surface area contributed by atoms with Gasteiger partial charge < -0.3 is 20.1 Å². The third-order valence-corrected chi connectivity index (χ3v) is 5.57. The number of hydrogen-bond donors (Lipinski definition) is 2. The lowest BCUT2D eigenvalue weighted by Gasteiger charge is -2.43. The summed E-state index contributed by atoms with van der Waals surface area (Å²) in [5.41, 5.74) is 1.14. The molecule has 2 saturated heterocycles. The average molecular weight is 389 g/mol. The van der Waals surface area contributed by atoms with Crippen LogP contribution in [-0.2, 0) is 7.05 Å². The van der Waals surface area contributed by atoms with Gasteiger partial charge in [-0.25, -0.2) is 9.67 Å². The Kier molecular flexibility index (Phi) is 4.83. The van der Waals surface area contributed by atoms with Crippen molar-refractivity contribution in [3.05, 3.63) is 39.9 Å². The Hall–Kier alpha value is -2.10. The topological polar surface area (TPSA) is 86.5 Å². The van der Waals surface area contributed by atoms with E-state index in [0.717, 1.165) is 31.6 Å². The second-order valence-electron chi connectivity index (χ2n) is 7.21. The number of nitrogens with one attached hydrogen (secondary N) is 1. The highest BCUT2D eigenvalue weighted by Gasteiger charge is 2.41. The number of aryl methyl sites for hydroxylation is 1. The molecule has 2 aromatic heterocycles. The van der Waals surface area contributed by atoms with Crippen LogP contribution in [0.4, 0.5) is 17.2 Å². The zero-order chi connectivity index (χ0) is 19.1. The average Bonchev–Trinajstić information content (AvgIpc) is 2.89. The van der Waals surface area contributed by atoms with Gasteiger partial charge in [0, 0.05) is 38.3 Å². The number of pyridine rings is 1. The fourth-order valence-electron chi connectivity index (χ4n) is 4.08. The second-order valence-corrected chi connectivity index (χ2v) is 7.60. The van der Waals surface area contributed by atoms with Crippen molar-refractivity contribution >= 4 is 35.8 Å². The fraction of sp³-hybridized carbons (Fsp3) is 0.471. The lowest BCUT2D eigenvalue weighted by atomic mass is 9.83. The van der Waals surface area contributed by atoms with Crippen LogP contribution in [0.5, 0.6) is 0 Å². The van der Waals surface area contributed by atoms with Crippen LogP contribution >= 0.6 is 11.6 Å². The maximum Gasteiger partial charge on any atom is 0.376 e. The van der Waals surface area contributed by atoms with E-state index in [4.69, 9.17) is 11.6 Å². The smallest absolute Gasteiger partial charge is 0.376 e. The van der Waals surface area contributed by atoms with Gasteiger partial charge in [-0.05, 0) is 31.8 Å². The standard InChI is InChI=1S/C17H22BClN6O2/c1-18(27)24-9-12-3-4-13(10-24)25(12)11-5-6-16(20-8-11)21-14-7-15(19)22-23(2)17(14)26/h5-8,12-13,27H,3-4,9-10H2,1-2H3,(H,20,21). The molecule has 4 heterocycles. The van der Waals surface area contributed by atoms with E-state index < -0.39 is 7.05 Å². The Morgan fingerprint density at radius 1 is 1.30 bits per heavy atom. The van der Waals surface area contributed by atoms with Gasteiger partial charge in [0.15, 0.2) is 5.15 Å². The number of fused-ring (bicyclic) bond motifs is 2. The Balaban J connectivity index is 1.51. The SMILES string of the molecule is CB(O)N1CC2CCC(C1)N2c1ccc(Nc2cc(Cl)nn(C)c2=O)nc1. The van der Waals surface area contributed by atoms with Crippen LogP contribution in [0.1, 0.15) is 12.8 Å². The summed E-state index contributed by atoms with van der Waals surface area (Å²) >= 11 is 5.93. The van der Waals surface area contributed by atoms with Crippen molar-refractivity contribution in [3.63, 3.8) is 0 Å². The van der Waals surface area contributed by atoms with Crippen LogP contribution in [0.15, 0.2) is 29.2 Å². The first-order chi connectivity index (χ1) is 12.9. The summed E-state index contributed by atoms with van der Waals surface area (Å²) in [5.74, 6) is 0.577. The van der Waals surface area contributed by atoms with Gasteiger partial charge in [-0.15, -0.1) is 0 Å². The molecule has 2 bridgehead atoms. The predicted octanol–water partition coefficient (Wildman–Crippen LogP) is 1.34. The molecule has 0 spiro atoms. The van der Waals surface area contributed by atoms with E-state index in [0.29, 0.717) is 23.6 Å². The Morgan fingerprint density at radius 2 is 2.00 bits per heavy atom. The van der Waals surface area contributed by atoms with Crippen LogP contribution in [0.3, 0.4) is 0 Å². The monoisotopic (exact) mass is 388 g/mol. The molecule has 27 heavy (non-hydrogen) atoms. The number of piperazine rings is 1. The molecule has 2 fully saturated rings. The molecule has 2 aromatic rings. The quantitative estimate of drug-likeness (QED) is 0.764. The van der Waals surface area contributed by atoms with Crippen LogP contribution in [0.2, 0.25) is 12.0 Å². The number of nitrogens with zero attached hydrogens (tertiary/aromatic N) is 5. The summed E-state index contributed by atoms with van der Waals surface area (Å²) in [6.45, 7) is 3.55. The molecule has 0 amide bonds. The molecule has 2 unspecified atom stereocenters. The van der Waals surface area contributed by atoms with Crippen molar-refractivity contribution in [1.29, 1.82) is 0 Å². The first kappa shape index (κ1) is 18.3. The van der Waals surface area contributed by atoms with E-state index in [1.165, 1.54) is 10.7 Å². The van der Waals surface area contributed by atoms with Crippen molar-refractivity contribution in [2.75, 3.05) is 23.3 Å². The van der Waals surface area contributed by atoms with Crippen LogP contribution in [0.25, 0.3) is 0 Å². The van der Waals surface area contributed by atoms with E-state index in [-0.39, 0.29) is 10.7 Å². The molecular formula is C17H22BClN6O2. The lowest BCUT2D eigenvalue weighted by molar-refractivity contribution is 0.299. The number of halogens is 1. The van der Waals surface area contributed by atoms with Crippen molar-refractivity contribution in [2.24, 2.45) is 7.05 Å². The van der Waals surface area contributed by atoms with Gasteiger partial charge in [-0.1, -0.05) is 11.6 Å². The van der Waals surface area contributed by atoms with Crippen molar-refractivity contribution in [2.45, 2.75) is 31.7 Å². The minimum absolute atomic E-state index is 0.240. The maximum atomic E-state index is 12.1. The number of hydrogen-bond acceptors (Lipinski definition) is 7. The minimum Gasteiger partial charge on any atom is -0.437 e. The molecule has 2 aliphatic heterocycles. The minimum atomic E-state index is -0.408. The molecule has 2 N–H and O–H groups in total. The normalized spacial score (nSPS) is 22.1. The molecule has 142 valence electrons. The van der Waals surface area contributed by atoms with Gasteiger partial charge in [0.05, 0.1) is 11.9 Å². The van der Waals surface area contributed by atoms with E-state index in [1.807, 2.05) is 25.2 Å². The summed E-state index contributed by atoms with van der Waals surface area (Å²) in [6, 6.07) is 6.17. The lowest BCUT2D eigenvalue weighted by Crippen LogP contribution is -2.57. The summed E-state index contributed by atoms with van der Waals surface area (Å²) < 4.78 is 1.19. The van der Waals surface area contributed by atoms with Gasteiger partial charge in [-0.2, -0.15) is 5.10 Å². The predicted molar refractivity (Wildman–Crippen MR) is 107 cm³/mol. The number of rotatable bonds is 4. The Bertz CT molecular complexity index is 876. The third kappa shape index (κ3) is 3.54. The van der Waals surface area contributed by atoms with Crippen LogP contribution < -0.4 is 15.8 Å². The highest BCUT2D eigenvalue weighted by molar-refractivity contribution is 6.45. The van der Waals surface area contributed by atoms with Crippen molar-refractivity contribution in [1.82, 2.24) is 19.6 Å². The van der Waals surface area contributed by atoms with Crippen LogP contribution in [0, 0.1) is 0 Å². The van der Waals surface area contributed by atoms with Gasteiger partial charge in [-0.3, -0.25) is 4.79 Å². The van der Waals surface area contributed by atoms with E-state index in [1.54, 1.807) is 7.05 Å². The molecule has 0 radical (unpaired) electrons. The number of aromatic nitrogens is 3. The number of anilines is 3. The molecule has 0 aromatic carbocycles. The van der Waals surface area contributed by atoms with Crippen molar-refractivity contribution < 1.29 is 5.02 Å². The molecule has 2 atom stereocenters. The van der Waals surface area contributed by atoms with Gasteiger partial charge in [0.25, 0.3) is 5.56 Å². The van der Waals surface area contributed by atoms with Gasteiger partial charge >= 0.3 is 7.05 Å². The Labute approximate surface area is 162 Å². The first-order valence-corrected chi connectivity index (χ1v) is 9.47.